The lowest BCUT2D eigenvalue weighted by atomic mass is 10.0. The number of piperidine rings is 1. The summed E-state index contributed by atoms with van der Waals surface area (Å²) in [5, 5.41) is 8.14. The van der Waals surface area contributed by atoms with E-state index < -0.39 is 11.9 Å². The van der Waals surface area contributed by atoms with Crippen molar-refractivity contribution in [2.45, 2.75) is 25.4 Å². The van der Waals surface area contributed by atoms with Crippen LogP contribution in [0.25, 0.3) is 0 Å². The summed E-state index contributed by atoms with van der Waals surface area (Å²) in [5.74, 6) is -1.19. The molecule has 4 amide bonds. The van der Waals surface area contributed by atoms with Crippen LogP contribution in [0, 0.1) is 3.57 Å². The molecule has 8 nitrogen and oxygen atoms in total. The van der Waals surface area contributed by atoms with Crippen LogP contribution in [0.15, 0.2) is 42.5 Å². The Bertz CT molecular complexity index is 1060. The summed E-state index contributed by atoms with van der Waals surface area (Å²) in [7, 11) is 0. The van der Waals surface area contributed by atoms with Gasteiger partial charge in [-0.25, -0.2) is 0 Å². The van der Waals surface area contributed by atoms with Crippen molar-refractivity contribution >= 4 is 57.6 Å². The van der Waals surface area contributed by atoms with Gasteiger partial charge in [-0.1, -0.05) is 12.1 Å². The molecule has 2 heterocycles. The summed E-state index contributed by atoms with van der Waals surface area (Å²) >= 11 is 2.18. The van der Waals surface area contributed by atoms with Crippen molar-refractivity contribution in [1.29, 1.82) is 0 Å². The maximum absolute atomic E-state index is 12.8. The lowest BCUT2D eigenvalue weighted by Crippen LogP contribution is -2.52. The predicted molar refractivity (Wildman–Crippen MR) is 119 cm³/mol. The molecule has 2 aliphatic rings. The van der Waals surface area contributed by atoms with Crippen molar-refractivity contribution in [3.05, 3.63) is 57.2 Å². The Balaban J connectivity index is 1.39. The molecule has 1 saturated heterocycles. The van der Waals surface area contributed by atoms with E-state index in [0.717, 1.165) is 14.8 Å². The van der Waals surface area contributed by atoms with Gasteiger partial charge in [-0.15, -0.1) is 0 Å². The molecule has 4 rings (SSSR count). The van der Waals surface area contributed by atoms with Gasteiger partial charge in [0.2, 0.25) is 17.7 Å². The van der Waals surface area contributed by atoms with Crippen molar-refractivity contribution in [2.24, 2.45) is 0 Å². The Labute approximate surface area is 186 Å². The molecule has 0 saturated carbocycles. The molecule has 1 atom stereocenters. The molecule has 30 heavy (non-hydrogen) atoms. The topological polar surface area (TPSA) is 108 Å². The molecular weight excluding hydrogens is 499 g/mol. The van der Waals surface area contributed by atoms with Gasteiger partial charge in [-0.05, 0) is 64.9 Å². The number of amides is 4. The van der Waals surface area contributed by atoms with Gasteiger partial charge in [0.1, 0.15) is 6.04 Å². The third-order valence-corrected chi connectivity index (χ3v) is 5.76. The van der Waals surface area contributed by atoms with Gasteiger partial charge in [0.25, 0.3) is 5.91 Å². The van der Waals surface area contributed by atoms with Crippen LogP contribution in [0.3, 0.4) is 0 Å². The van der Waals surface area contributed by atoms with Crippen LogP contribution in [-0.4, -0.2) is 41.1 Å². The van der Waals surface area contributed by atoms with Gasteiger partial charge < -0.3 is 15.5 Å². The highest BCUT2D eigenvalue weighted by Crippen LogP contribution is 2.29. The Hall–Kier alpha value is -2.95. The first-order valence-corrected chi connectivity index (χ1v) is 10.6. The van der Waals surface area contributed by atoms with Gasteiger partial charge in [0.15, 0.2) is 0 Å². The van der Waals surface area contributed by atoms with E-state index in [-0.39, 0.29) is 30.7 Å². The second-order valence-corrected chi connectivity index (χ2v) is 8.43. The average molecular weight is 518 g/mol. The summed E-state index contributed by atoms with van der Waals surface area (Å²) in [6.07, 6.45) is 0.549. The van der Waals surface area contributed by atoms with Crippen LogP contribution in [0.2, 0.25) is 0 Å². The van der Waals surface area contributed by atoms with E-state index in [0.29, 0.717) is 24.2 Å². The molecular formula is C21H19IN4O4. The Morgan fingerprint density at radius 1 is 1.13 bits per heavy atom. The summed E-state index contributed by atoms with van der Waals surface area (Å²) in [5.41, 5.74) is 2.68. The lowest BCUT2D eigenvalue weighted by Gasteiger charge is -2.29. The number of imide groups is 1. The number of hydrogen-bond acceptors (Lipinski definition) is 5. The van der Waals surface area contributed by atoms with Crippen LogP contribution in [0.5, 0.6) is 0 Å². The minimum atomic E-state index is -0.640. The predicted octanol–water partition coefficient (Wildman–Crippen LogP) is 2.10. The molecule has 9 heteroatoms. The van der Waals surface area contributed by atoms with Gasteiger partial charge >= 0.3 is 0 Å². The van der Waals surface area contributed by atoms with E-state index in [4.69, 9.17) is 0 Å². The molecule has 1 unspecified atom stereocenters. The van der Waals surface area contributed by atoms with Gasteiger partial charge in [-0.3, -0.25) is 24.5 Å². The highest BCUT2D eigenvalue weighted by molar-refractivity contribution is 14.1. The molecule has 2 aromatic carbocycles. The molecule has 0 radical (unpaired) electrons. The van der Waals surface area contributed by atoms with Gasteiger partial charge in [0, 0.05) is 33.5 Å². The minimum Gasteiger partial charge on any atom is -0.376 e. The van der Waals surface area contributed by atoms with E-state index in [2.05, 4.69) is 38.5 Å². The first kappa shape index (κ1) is 20.3. The number of halogens is 1. The number of fused-ring (bicyclic) bond motifs is 1. The second-order valence-electron chi connectivity index (χ2n) is 7.18. The van der Waals surface area contributed by atoms with Crippen LogP contribution in [0.4, 0.5) is 11.4 Å². The van der Waals surface area contributed by atoms with Gasteiger partial charge in [0.05, 0.1) is 6.54 Å². The number of benzene rings is 2. The number of rotatable bonds is 5. The summed E-state index contributed by atoms with van der Waals surface area (Å²) in [6, 6.07) is 12.2. The monoisotopic (exact) mass is 518 g/mol. The largest absolute Gasteiger partial charge is 0.376 e. The number of hydrogen-bond donors (Lipinski definition) is 3. The number of nitrogens with one attached hydrogen (secondary N) is 3. The summed E-state index contributed by atoms with van der Waals surface area (Å²) in [6.45, 7) is 0.378. The zero-order valence-electron chi connectivity index (χ0n) is 15.9. The van der Waals surface area contributed by atoms with Crippen LogP contribution in [-0.2, 0) is 20.9 Å². The molecule has 0 spiro atoms. The Morgan fingerprint density at radius 3 is 2.73 bits per heavy atom. The standard InChI is InChI=1S/C21H19IN4O4/c22-13-2-1-3-15(8-13)24-19(28)10-23-14-5-4-12-11-26(21(30)16(12)9-14)17-6-7-18(27)25-20(17)29/h1-5,8-9,17,23H,6-7,10-11H2,(H,24,28)(H,25,27,29). The number of carbonyl (C=O) groups is 4. The number of nitrogens with zero attached hydrogens (tertiary/aromatic N) is 1. The second kappa shape index (κ2) is 8.42. The average Bonchev–Trinajstić information content (AvgIpc) is 3.02. The fraction of sp³-hybridized carbons (Fsp3) is 0.238. The van der Waals surface area contributed by atoms with Crippen LogP contribution >= 0.6 is 22.6 Å². The third-order valence-electron chi connectivity index (χ3n) is 5.09. The van der Waals surface area contributed by atoms with E-state index in [1.165, 1.54) is 4.90 Å². The fourth-order valence-corrected chi connectivity index (χ4v) is 4.16. The van der Waals surface area contributed by atoms with Crippen molar-refractivity contribution in [3.63, 3.8) is 0 Å². The van der Waals surface area contributed by atoms with E-state index >= 15 is 0 Å². The Kier molecular flexibility index (Phi) is 5.71. The molecule has 0 aliphatic carbocycles. The van der Waals surface area contributed by atoms with Crippen LogP contribution < -0.4 is 16.0 Å². The molecule has 2 aromatic rings. The molecule has 154 valence electrons. The van der Waals surface area contributed by atoms with Crippen molar-refractivity contribution in [3.8, 4) is 0 Å². The number of carbonyl (C=O) groups excluding carboxylic acids is 4. The first-order chi connectivity index (χ1) is 14.4. The maximum atomic E-state index is 12.8. The van der Waals surface area contributed by atoms with E-state index in [9.17, 15) is 19.2 Å². The normalized spacial score (nSPS) is 18.1. The minimum absolute atomic E-state index is 0.0509. The molecule has 0 aromatic heterocycles. The highest BCUT2D eigenvalue weighted by atomic mass is 127. The zero-order chi connectivity index (χ0) is 21.3. The van der Waals surface area contributed by atoms with Crippen LogP contribution in [0.1, 0.15) is 28.8 Å². The SMILES string of the molecule is O=C1CCC(N2Cc3ccc(NCC(=O)Nc4cccc(I)c4)cc3C2=O)C(=O)N1. The smallest absolute Gasteiger partial charge is 0.255 e. The zero-order valence-corrected chi connectivity index (χ0v) is 18.1. The quantitative estimate of drug-likeness (QED) is 0.415. The lowest BCUT2D eigenvalue weighted by molar-refractivity contribution is -0.137. The molecule has 0 bridgehead atoms. The summed E-state index contributed by atoms with van der Waals surface area (Å²) < 4.78 is 1.02. The number of anilines is 2. The van der Waals surface area contributed by atoms with E-state index in [1.807, 2.05) is 30.3 Å². The van der Waals surface area contributed by atoms with E-state index in [1.54, 1.807) is 12.1 Å². The first-order valence-electron chi connectivity index (χ1n) is 9.47. The van der Waals surface area contributed by atoms with Crippen molar-refractivity contribution < 1.29 is 19.2 Å². The summed E-state index contributed by atoms with van der Waals surface area (Å²) in [4.78, 5) is 50.0. The van der Waals surface area contributed by atoms with Gasteiger partial charge in [-0.2, -0.15) is 0 Å². The third kappa shape index (κ3) is 4.30. The Morgan fingerprint density at radius 2 is 1.97 bits per heavy atom. The molecule has 3 N–H and O–H groups in total. The molecule has 1 fully saturated rings. The molecule has 2 aliphatic heterocycles. The highest BCUT2D eigenvalue weighted by Gasteiger charge is 2.39. The maximum Gasteiger partial charge on any atom is 0.255 e. The fourth-order valence-electron chi connectivity index (χ4n) is 3.62. The van der Waals surface area contributed by atoms with Crippen molar-refractivity contribution in [2.75, 3.05) is 17.2 Å². The van der Waals surface area contributed by atoms with Crippen molar-refractivity contribution in [1.82, 2.24) is 10.2 Å².